The maximum atomic E-state index is 8.94. The molecule has 0 radical (unpaired) electrons. The van der Waals surface area contributed by atoms with Gasteiger partial charge < -0.3 is 10.0 Å². The highest BCUT2D eigenvalue weighted by Crippen LogP contribution is 2.31. The van der Waals surface area contributed by atoms with E-state index in [-0.39, 0.29) is 0 Å². The Labute approximate surface area is 93.7 Å². The molecule has 1 aliphatic heterocycles. The monoisotopic (exact) mass is 211 g/mol. The van der Waals surface area contributed by atoms with Crippen molar-refractivity contribution in [3.05, 3.63) is 0 Å². The zero-order chi connectivity index (χ0) is 10.7. The Morgan fingerprint density at radius 2 is 1.87 bits per heavy atom. The van der Waals surface area contributed by atoms with Gasteiger partial charge in [-0.2, -0.15) is 0 Å². The maximum Gasteiger partial charge on any atom is 0.0434 e. The molecular formula is C13H25NO. The van der Waals surface area contributed by atoms with Crippen LogP contribution in [0.2, 0.25) is 0 Å². The number of aliphatic hydroxyl groups excluding tert-OH is 1. The first-order valence-electron chi connectivity index (χ1n) is 6.64. The molecule has 0 amide bonds. The molecule has 1 aliphatic carbocycles. The van der Waals surface area contributed by atoms with Crippen LogP contribution in [0.3, 0.4) is 0 Å². The summed E-state index contributed by atoms with van der Waals surface area (Å²) < 4.78 is 0. The number of hydrogen-bond acceptors (Lipinski definition) is 2. The van der Waals surface area contributed by atoms with Gasteiger partial charge in [0.05, 0.1) is 0 Å². The highest BCUT2D eigenvalue weighted by Gasteiger charge is 2.29. The fraction of sp³-hybridized carbons (Fsp3) is 1.00. The molecule has 0 aromatic rings. The van der Waals surface area contributed by atoms with Gasteiger partial charge in [-0.3, -0.25) is 0 Å². The van der Waals surface area contributed by atoms with Crippen molar-refractivity contribution in [1.82, 2.24) is 4.90 Å². The normalized spacial score (nSPS) is 38.4. The van der Waals surface area contributed by atoms with E-state index in [2.05, 4.69) is 11.8 Å². The van der Waals surface area contributed by atoms with Crippen LogP contribution in [0.1, 0.15) is 45.4 Å². The van der Waals surface area contributed by atoms with Crippen molar-refractivity contribution in [3.8, 4) is 0 Å². The lowest BCUT2D eigenvalue weighted by atomic mass is 9.87. The average molecular weight is 211 g/mol. The van der Waals surface area contributed by atoms with Gasteiger partial charge in [0.2, 0.25) is 0 Å². The van der Waals surface area contributed by atoms with Gasteiger partial charge in [0.25, 0.3) is 0 Å². The summed E-state index contributed by atoms with van der Waals surface area (Å²) >= 11 is 0. The first-order valence-corrected chi connectivity index (χ1v) is 6.64. The minimum Gasteiger partial charge on any atom is -0.396 e. The highest BCUT2D eigenvalue weighted by molar-refractivity contribution is 4.84. The number of likely N-dealkylation sites (tertiary alicyclic amines) is 1. The fourth-order valence-electron chi connectivity index (χ4n) is 3.22. The van der Waals surface area contributed by atoms with Gasteiger partial charge in [-0.1, -0.05) is 6.92 Å². The highest BCUT2D eigenvalue weighted by atomic mass is 16.3. The Balaban J connectivity index is 1.75. The molecule has 1 saturated heterocycles. The quantitative estimate of drug-likeness (QED) is 0.774. The second-order valence-corrected chi connectivity index (χ2v) is 5.58. The molecule has 88 valence electrons. The molecule has 2 rings (SSSR count). The van der Waals surface area contributed by atoms with Crippen LogP contribution in [0.15, 0.2) is 0 Å². The van der Waals surface area contributed by atoms with Crippen molar-refractivity contribution < 1.29 is 5.11 Å². The molecular weight excluding hydrogens is 186 g/mol. The molecule has 1 heterocycles. The predicted molar refractivity (Wildman–Crippen MR) is 62.8 cm³/mol. The third-order valence-electron chi connectivity index (χ3n) is 4.36. The van der Waals surface area contributed by atoms with Gasteiger partial charge in [-0.05, 0) is 56.9 Å². The molecule has 0 spiro atoms. The van der Waals surface area contributed by atoms with Crippen molar-refractivity contribution in [2.45, 2.75) is 51.5 Å². The maximum absolute atomic E-state index is 8.94. The lowest BCUT2D eigenvalue weighted by Crippen LogP contribution is -2.36. The Bertz CT molecular complexity index is 187. The smallest absolute Gasteiger partial charge is 0.0434 e. The van der Waals surface area contributed by atoms with E-state index in [1.807, 2.05) is 0 Å². The van der Waals surface area contributed by atoms with Crippen LogP contribution in [0.4, 0.5) is 0 Å². The molecule has 1 unspecified atom stereocenters. The largest absolute Gasteiger partial charge is 0.396 e. The molecule has 2 heteroatoms. The molecule has 1 N–H and O–H groups in total. The topological polar surface area (TPSA) is 23.5 Å². The van der Waals surface area contributed by atoms with Crippen LogP contribution >= 0.6 is 0 Å². The van der Waals surface area contributed by atoms with Crippen LogP contribution < -0.4 is 0 Å². The van der Waals surface area contributed by atoms with Crippen molar-refractivity contribution in [3.63, 3.8) is 0 Å². The van der Waals surface area contributed by atoms with E-state index in [9.17, 15) is 0 Å². The summed E-state index contributed by atoms with van der Waals surface area (Å²) in [5, 5.41) is 8.94. The van der Waals surface area contributed by atoms with E-state index < -0.39 is 0 Å². The fourth-order valence-corrected chi connectivity index (χ4v) is 3.22. The lowest BCUT2D eigenvalue weighted by molar-refractivity contribution is 0.160. The van der Waals surface area contributed by atoms with E-state index in [4.69, 9.17) is 5.11 Å². The summed E-state index contributed by atoms with van der Waals surface area (Å²) in [6, 6.07) is 0.866. The molecule has 2 fully saturated rings. The Hall–Kier alpha value is -0.0800. The van der Waals surface area contributed by atoms with E-state index in [1.54, 1.807) is 0 Å². The first-order chi connectivity index (χ1) is 7.29. The Morgan fingerprint density at radius 3 is 2.53 bits per heavy atom. The van der Waals surface area contributed by atoms with Crippen molar-refractivity contribution in [1.29, 1.82) is 0 Å². The summed E-state index contributed by atoms with van der Waals surface area (Å²) in [6.07, 6.45) is 7.99. The third-order valence-corrected chi connectivity index (χ3v) is 4.36. The minimum atomic E-state index is 0.375. The second-order valence-electron chi connectivity index (χ2n) is 5.58. The summed E-state index contributed by atoms with van der Waals surface area (Å²) in [4.78, 5) is 2.69. The molecule has 1 atom stereocenters. The summed E-state index contributed by atoms with van der Waals surface area (Å²) in [6.45, 7) is 5.29. The summed E-state index contributed by atoms with van der Waals surface area (Å²) in [7, 11) is 0. The Kier molecular flexibility index (Phi) is 4.04. The van der Waals surface area contributed by atoms with E-state index in [0.29, 0.717) is 6.61 Å². The van der Waals surface area contributed by atoms with Crippen molar-refractivity contribution in [2.24, 2.45) is 11.8 Å². The molecule has 0 bridgehead atoms. The molecule has 2 nitrogen and oxygen atoms in total. The minimum absolute atomic E-state index is 0.375. The van der Waals surface area contributed by atoms with Gasteiger partial charge in [0, 0.05) is 19.2 Å². The van der Waals surface area contributed by atoms with Crippen LogP contribution in [0.5, 0.6) is 0 Å². The van der Waals surface area contributed by atoms with Crippen molar-refractivity contribution in [2.75, 3.05) is 19.7 Å². The molecule has 0 aromatic carbocycles. The lowest BCUT2D eigenvalue weighted by Gasteiger charge is -2.33. The van der Waals surface area contributed by atoms with Gasteiger partial charge in [-0.15, -0.1) is 0 Å². The third kappa shape index (κ3) is 2.94. The number of aliphatic hydroxyl groups is 1. The zero-order valence-electron chi connectivity index (χ0n) is 9.99. The van der Waals surface area contributed by atoms with Gasteiger partial charge in [0.15, 0.2) is 0 Å². The summed E-state index contributed by atoms with van der Waals surface area (Å²) in [5.74, 6) is 1.73. The van der Waals surface area contributed by atoms with E-state index in [1.165, 1.54) is 45.2 Å². The molecule has 15 heavy (non-hydrogen) atoms. The second kappa shape index (κ2) is 5.31. The predicted octanol–water partition coefficient (Wildman–Crippen LogP) is 2.27. The van der Waals surface area contributed by atoms with Crippen LogP contribution in [-0.4, -0.2) is 35.7 Å². The number of rotatable bonds is 3. The SMILES string of the molecule is CC1CCC(N2CCC(CCO)C2)CC1. The van der Waals surface area contributed by atoms with Gasteiger partial charge >= 0.3 is 0 Å². The average Bonchev–Trinajstić information content (AvgIpc) is 2.68. The van der Waals surface area contributed by atoms with E-state index >= 15 is 0 Å². The standard InChI is InChI=1S/C13H25NO/c1-11-2-4-13(5-3-11)14-8-6-12(10-14)7-9-15/h11-13,15H,2-10H2,1H3. The summed E-state index contributed by atoms with van der Waals surface area (Å²) in [5.41, 5.74) is 0. The van der Waals surface area contributed by atoms with Gasteiger partial charge in [-0.25, -0.2) is 0 Å². The molecule has 2 aliphatic rings. The zero-order valence-corrected chi connectivity index (χ0v) is 9.99. The van der Waals surface area contributed by atoms with Crippen LogP contribution in [0, 0.1) is 11.8 Å². The van der Waals surface area contributed by atoms with E-state index in [0.717, 1.165) is 24.3 Å². The Morgan fingerprint density at radius 1 is 1.13 bits per heavy atom. The molecule has 0 aromatic heterocycles. The van der Waals surface area contributed by atoms with Crippen molar-refractivity contribution >= 4 is 0 Å². The van der Waals surface area contributed by atoms with Crippen LogP contribution in [-0.2, 0) is 0 Å². The molecule has 1 saturated carbocycles. The van der Waals surface area contributed by atoms with Gasteiger partial charge in [0.1, 0.15) is 0 Å². The first kappa shape index (κ1) is 11.4. The van der Waals surface area contributed by atoms with Crippen LogP contribution in [0.25, 0.3) is 0 Å². The number of hydrogen-bond donors (Lipinski definition) is 1. The number of nitrogens with zero attached hydrogens (tertiary/aromatic N) is 1.